The van der Waals surface area contributed by atoms with Crippen LogP contribution in [0.5, 0.6) is 0 Å². The van der Waals surface area contributed by atoms with Crippen molar-refractivity contribution in [1.29, 1.82) is 0 Å². The van der Waals surface area contributed by atoms with E-state index in [0.29, 0.717) is 17.6 Å². The van der Waals surface area contributed by atoms with Gasteiger partial charge in [-0.2, -0.15) is 5.10 Å². The molecule has 2 rings (SSSR count). The number of ether oxygens (including phenoxy) is 1. The molecule has 0 spiro atoms. The Morgan fingerprint density at radius 3 is 2.72 bits per heavy atom. The molecular formula is C13H13BrN2O2. The summed E-state index contributed by atoms with van der Waals surface area (Å²) in [6.45, 7) is 2.12. The van der Waals surface area contributed by atoms with Crippen molar-refractivity contribution >= 4 is 21.9 Å². The second-order valence-electron chi connectivity index (χ2n) is 3.62. The lowest BCUT2D eigenvalue weighted by molar-refractivity contribution is 0.0519. The lowest BCUT2D eigenvalue weighted by Crippen LogP contribution is -2.06. The summed E-state index contributed by atoms with van der Waals surface area (Å²) in [6, 6.07) is 11.4. The molecule has 0 aliphatic carbocycles. The first-order valence-electron chi connectivity index (χ1n) is 5.63. The zero-order chi connectivity index (χ0) is 13.0. The number of alkyl halides is 1. The maximum absolute atomic E-state index is 11.6. The van der Waals surface area contributed by atoms with Gasteiger partial charge in [-0.1, -0.05) is 34.1 Å². The van der Waals surface area contributed by atoms with Gasteiger partial charge in [-0.25, -0.2) is 9.48 Å². The van der Waals surface area contributed by atoms with Gasteiger partial charge in [0.15, 0.2) is 5.69 Å². The lowest BCUT2D eigenvalue weighted by atomic mass is 10.3. The smallest absolute Gasteiger partial charge is 0.358 e. The van der Waals surface area contributed by atoms with E-state index in [0.717, 1.165) is 11.4 Å². The molecule has 0 saturated carbocycles. The minimum Gasteiger partial charge on any atom is -0.461 e. The zero-order valence-corrected chi connectivity index (χ0v) is 11.6. The van der Waals surface area contributed by atoms with Crippen LogP contribution in [0.25, 0.3) is 5.69 Å². The van der Waals surface area contributed by atoms with E-state index in [1.807, 2.05) is 30.3 Å². The molecule has 0 unspecified atom stereocenters. The van der Waals surface area contributed by atoms with Gasteiger partial charge in [-0.05, 0) is 25.1 Å². The number of nitrogens with zero attached hydrogens (tertiary/aromatic N) is 2. The number of para-hydroxylation sites is 1. The molecule has 1 aromatic heterocycles. The van der Waals surface area contributed by atoms with Crippen LogP contribution in [0.1, 0.15) is 23.1 Å². The van der Waals surface area contributed by atoms with Crippen LogP contribution in [0.2, 0.25) is 0 Å². The van der Waals surface area contributed by atoms with E-state index in [4.69, 9.17) is 4.74 Å². The standard InChI is InChI=1S/C13H13BrN2O2/c1-2-18-13(17)12-8-11(9-14)16(15-12)10-6-4-3-5-7-10/h3-8H,2,9H2,1H3. The van der Waals surface area contributed by atoms with Crippen LogP contribution in [0, 0.1) is 0 Å². The second-order valence-corrected chi connectivity index (χ2v) is 4.18. The predicted molar refractivity (Wildman–Crippen MR) is 72.2 cm³/mol. The van der Waals surface area contributed by atoms with Crippen LogP contribution in [0.3, 0.4) is 0 Å². The Kier molecular flexibility index (Phi) is 4.15. The van der Waals surface area contributed by atoms with Gasteiger partial charge in [-0.15, -0.1) is 0 Å². The summed E-state index contributed by atoms with van der Waals surface area (Å²) < 4.78 is 6.68. The first-order valence-corrected chi connectivity index (χ1v) is 6.76. The molecule has 4 nitrogen and oxygen atoms in total. The number of halogens is 1. The molecular weight excluding hydrogens is 296 g/mol. The highest BCUT2D eigenvalue weighted by molar-refractivity contribution is 9.08. The van der Waals surface area contributed by atoms with E-state index in [1.54, 1.807) is 17.7 Å². The fourth-order valence-corrected chi connectivity index (χ4v) is 2.01. The van der Waals surface area contributed by atoms with Crippen LogP contribution in [0.4, 0.5) is 0 Å². The summed E-state index contributed by atoms with van der Waals surface area (Å²) >= 11 is 3.39. The third kappa shape index (κ3) is 2.61. The fraction of sp³-hybridized carbons (Fsp3) is 0.231. The van der Waals surface area contributed by atoms with Gasteiger partial charge >= 0.3 is 5.97 Å². The largest absolute Gasteiger partial charge is 0.461 e. The van der Waals surface area contributed by atoms with Crippen LogP contribution >= 0.6 is 15.9 Å². The van der Waals surface area contributed by atoms with Gasteiger partial charge in [0.05, 0.1) is 18.0 Å². The van der Waals surface area contributed by atoms with Crippen molar-refractivity contribution in [3.63, 3.8) is 0 Å². The third-order valence-corrected chi connectivity index (χ3v) is 2.98. The molecule has 2 aromatic rings. The molecule has 0 amide bonds. The van der Waals surface area contributed by atoms with Crippen molar-refractivity contribution < 1.29 is 9.53 Å². The molecule has 0 aliphatic rings. The molecule has 0 saturated heterocycles. The molecule has 0 atom stereocenters. The minimum atomic E-state index is -0.394. The van der Waals surface area contributed by atoms with E-state index in [2.05, 4.69) is 21.0 Å². The van der Waals surface area contributed by atoms with Crippen molar-refractivity contribution in [2.75, 3.05) is 6.61 Å². The number of hydrogen-bond donors (Lipinski definition) is 0. The van der Waals surface area contributed by atoms with Gasteiger partial charge in [0.2, 0.25) is 0 Å². The Balaban J connectivity index is 2.39. The Morgan fingerprint density at radius 2 is 2.11 bits per heavy atom. The quantitative estimate of drug-likeness (QED) is 0.644. The average molecular weight is 309 g/mol. The number of benzene rings is 1. The molecule has 18 heavy (non-hydrogen) atoms. The first kappa shape index (κ1) is 12.8. The molecule has 0 aliphatic heterocycles. The number of esters is 1. The third-order valence-electron chi connectivity index (χ3n) is 2.41. The molecule has 5 heteroatoms. The summed E-state index contributed by atoms with van der Waals surface area (Å²) in [7, 11) is 0. The van der Waals surface area contributed by atoms with Crippen molar-refractivity contribution in [2.24, 2.45) is 0 Å². The van der Waals surface area contributed by atoms with Crippen LogP contribution < -0.4 is 0 Å². The van der Waals surface area contributed by atoms with Gasteiger partial charge in [-0.3, -0.25) is 0 Å². The molecule has 0 fully saturated rings. The Hall–Kier alpha value is -1.62. The Labute approximate surface area is 114 Å². The van der Waals surface area contributed by atoms with Crippen molar-refractivity contribution in [1.82, 2.24) is 9.78 Å². The van der Waals surface area contributed by atoms with E-state index in [9.17, 15) is 4.79 Å². The fourth-order valence-electron chi connectivity index (χ4n) is 1.61. The Morgan fingerprint density at radius 1 is 1.39 bits per heavy atom. The van der Waals surface area contributed by atoms with E-state index in [1.165, 1.54) is 0 Å². The highest BCUT2D eigenvalue weighted by atomic mass is 79.9. The van der Waals surface area contributed by atoms with Gasteiger partial charge in [0.25, 0.3) is 0 Å². The van der Waals surface area contributed by atoms with Crippen molar-refractivity contribution in [3.8, 4) is 5.69 Å². The van der Waals surface area contributed by atoms with E-state index in [-0.39, 0.29) is 0 Å². The van der Waals surface area contributed by atoms with Crippen molar-refractivity contribution in [2.45, 2.75) is 12.3 Å². The zero-order valence-electron chi connectivity index (χ0n) is 9.97. The summed E-state index contributed by atoms with van der Waals surface area (Å²) in [5.41, 5.74) is 2.15. The van der Waals surface area contributed by atoms with Gasteiger partial charge in [0.1, 0.15) is 0 Å². The highest BCUT2D eigenvalue weighted by Crippen LogP contribution is 2.15. The summed E-state index contributed by atoms with van der Waals surface area (Å²) in [5.74, 6) is -0.394. The van der Waals surface area contributed by atoms with E-state index < -0.39 is 5.97 Å². The maximum atomic E-state index is 11.6. The minimum absolute atomic E-state index is 0.329. The SMILES string of the molecule is CCOC(=O)c1cc(CBr)n(-c2ccccc2)n1. The maximum Gasteiger partial charge on any atom is 0.358 e. The molecule has 94 valence electrons. The second kappa shape index (κ2) is 5.82. The number of carbonyl (C=O) groups is 1. The summed E-state index contributed by atoms with van der Waals surface area (Å²) in [6.07, 6.45) is 0. The van der Waals surface area contributed by atoms with E-state index >= 15 is 0 Å². The summed E-state index contributed by atoms with van der Waals surface area (Å²) in [5, 5.41) is 4.90. The van der Waals surface area contributed by atoms with Gasteiger partial charge in [0, 0.05) is 5.33 Å². The van der Waals surface area contributed by atoms with Crippen LogP contribution in [0.15, 0.2) is 36.4 Å². The molecule has 0 N–H and O–H groups in total. The first-order chi connectivity index (χ1) is 8.76. The summed E-state index contributed by atoms with van der Waals surface area (Å²) in [4.78, 5) is 11.6. The highest BCUT2D eigenvalue weighted by Gasteiger charge is 2.15. The van der Waals surface area contributed by atoms with Crippen molar-refractivity contribution in [3.05, 3.63) is 47.8 Å². The normalized spacial score (nSPS) is 10.3. The monoisotopic (exact) mass is 308 g/mol. The number of rotatable bonds is 4. The number of hydrogen-bond acceptors (Lipinski definition) is 3. The number of carbonyl (C=O) groups excluding carboxylic acids is 1. The molecule has 1 heterocycles. The van der Waals surface area contributed by atoms with Crippen LogP contribution in [-0.4, -0.2) is 22.4 Å². The van der Waals surface area contributed by atoms with Crippen LogP contribution in [-0.2, 0) is 10.1 Å². The van der Waals surface area contributed by atoms with Gasteiger partial charge < -0.3 is 4.74 Å². The molecule has 0 radical (unpaired) electrons. The number of aromatic nitrogens is 2. The molecule has 0 bridgehead atoms. The lowest BCUT2D eigenvalue weighted by Gasteiger charge is -2.04. The Bertz CT molecular complexity index is 537. The average Bonchev–Trinajstić information content (AvgIpc) is 2.84. The predicted octanol–water partition coefficient (Wildman–Crippen LogP) is 2.94. The topological polar surface area (TPSA) is 44.1 Å². The molecule has 1 aromatic carbocycles.